The molecule has 1 aliphatic rings. The first kappa shape index (κ1) is 6.13. The zero-order valence-corrected chi connectivity index (χ0v) is 5.60. The van der Waals surface area contributed by atoms with Gasteiger partial charge in [-0.1, -0.05) is 0 Å². The highest BCUT2D eigenvalue weighted by molar-refractivity contribution is 5.81. The van der Waals surface area contributed by atoms with Gasteiger partial charge < -0.3 is 10.4 Å². The Morgan fingerprint density at radius 2 is 2.22 bits per heavy atom. The van der Waals surface area contributed by atoms with Crippen molar-refractivity contribution in [2.24, 2.45) is 4.99 Å². The van der Waals surface area contributed by atoms with E-state index in [1.807, 2.05) is 13.8 Å². The summed E-state index contributed by atoms with van der Waals surface area (Å²) < 4.78 is 0. The Morgan fingerprint density at radius 3 is 2.67 bits per heavy atom. The van der Waals surface area contributed by atoms with Crippen LogP contribution >= 0.6 is 0 Å². The van der Waals surface area contributed by atoms with Crippen molar-refractivity contribution in [1.29, 1.82) is 0 Å². The zero-order valence-electron chi connectivity index (χ0n) is 5.60. The van der Waals surface area contributed by atoms with Crippen LogP contribution in [0.2, 0.25) is 0 Å². The van der Waals surface area contributed by atoms with Gasteiger partial charge >= 0.3 is 0 Å². The van der Waals surface area contributed by atoms with Gasteiger partial charge in [-0.15, -0.1) is 0 Å². The van der Waals surface area contributed by atoms with Crippen LogP contribution in [0.5, 0.6) is 0 Å². The summed E-state index contributed by atoms with van der Waals surface area (Å²) >= 11 is 0. The molecule has 2 N–H and O–H groups in total. The first-order valence-corrected chi connectivity index (χ1v) is 2.87. The third-order valence-corrected chi connectivity index (χ3v) is 1.26. The van der Waals surface area contributed by atoms with Crippen molar-refractivity contribution in [3.05, 3.63) is 11.5 Å². The van der Waals surface area contributed by atoms with E-state index in [9.17, 15) is 0 Å². The lowest BCUT2D eigenvalue weighted by Gasteiger charge is -2.12. The third kappa shape index (κ3) is 1.22. The van der Waals surface area contributed by atoms with Crippen LogP contribution in [0.15, 0.2) is 16.4 Å². The Balaban J connectivity index is 2.70. The molecule has 50 valence electrons. The molecule has 0 unspecified atom stereocenters. The van der Waals surface area contributed by atoms with Crippen LogP contribution in [0, 0.1) is 0 Å². The summed E-state index contributed by atoms with van der Waals surface area (Å²) in [5.41, 5.74) is 0.889. The fourth-order valence-corrected chi connectivity index (χ4v) is 0.630. The maximum absolute atomic E-state index is 9.04. The Labute approximate surface area is 54.1 Å². The Morgan fingerprint density at radius 1 is 1.56 bits per heavy atom. The highest BCUT2D eigenvalue weighted by Gasteiger charge is 2.05. The lowest BCUT2D eigenvalue weighted by Crippen LogP contribution is -2.25. The first-order valence-electron chi connectivity index (χ1n) is 2.87. The van der Waals surface area contributed by atoms with E-state index in [2.05, 4.69) is 10.3 Å². The molecule has 0 aromatic heterocycles. The van der Waals surface area contributed by atoms with Gasteiger partial charge in [0.25, 0.3) is 0 Å². The average molecular weight is 126 g/mol. The monoisotopic (exact) mass is 126 g/mol. The van der Waals surface area contributed by atoms with E-state index in [0.717, 1.165) is 11.4 Å². The van der Waals surface area contributed by atoms with Crippen molar-refractivity contribution < 1.29 is 5.11 Å². The Hall–Kier alpha value is -0.990. The van der Waals surface area contributed by atoms with Crippen LogP contribution in [-0.2, 0) is 0 Å². The summed E-state index contributed by atoms with van der Waals surface area (Å²) in [5.74, 6) is 1.03. The van der Waals surface area contributed by atoms with E-state index < -0.39 is 0 Å². The number of hydrogen-bond donors (Lipinski definition) is 2. The lowest BCUT2D eigenvalue weighted by atomic mass is 10.3. The number of aliphatic hydroxyl groups excluding tert-OH is 1. The summed E-state index contributed by atoms with van der Waals surface area (Å²) in [6.45, 7) is 4.28. The number of amidine groups is 1. The maximum atomic E-state index is 9.04. The maximum Gasteiger partial charge on any atom is 0.190 e. The van der Waals surface area contributed by atoms with Gasteiger partial charge in [0.05, 0.1) is 6.54 Å². The minimum absolute atomic E-state index is 0.252. The molecule has 3 heteroatoms. The quantitative estimate of drug-likeness (QED) is 0.504. The fourth-order valence-electron chi connectivity index (χ4n) is 0.630. The van der Waals surface area contributed by atoms with Gasteiger partial charge in [-0.3, -0.25) is 4.99 Å². The molecule has 1 aliphatic heterocycles. The predicted octanol–water partition coefficient (Wildman–Crippen LogP) is 0.797. The topological polar surface area (TPSA) is 44.6 Å². The molecule has 0 fully saturated rings. The van der Waals surface area contributed by atoms with E-state index in [4.69, 9.17) is 5.11 Å². The number of nitrogens with zero attached hydrogens (tertiary/aromatic N) is 1. The van der Waals surface area contributed by atoms with Crippen molar-refractivity contribution in [3.63, 3.8) is 0 Å². The summed E-state index contributed by atoms with van der Waals surface area (Å²) in [4.78, 5) is 4.05. The van der Waals surface area contributed by atoms with Gasteiger partial charge in [-0.25, -0.2) is 0 Å². The standard InChI is InChI=1S/C6H10N2O/c1-4-3-7-5(2)8-6(4)9/h9H,3H2,1-2H3,(H,7,8). The van der Waals surface area contributed by atoms with E-state index in [0.29, 0.717) is 6.54 Å². The number of rotatable bonds is 0. The molecular formula is C6H10N2O. The molecule has 0 amide bonds. The van der Waals surface area contributed by atoms with Crippen molar-refractivity contribution in [3.8, 4) is 0 Å². The molecule has 0 aromatic rings. The van der Waals surface area contributed by atoms with Gasteiger partial charge in [-0.2, -0.15) is 0 Å². The van der Waals surface area contributed by atoms with Crippen molar-refractivity contribution in [2.45, 2.75) is 13.8 Å². The molecule has 0 spiro atoms. The van der Waals surface area contributed by atoms with Gasteiger partial charge in [-0.05, 0) is 13.8 Å². The normalized spacial score (nSPS) is 19.1. The van der Waals surface area contributed by atoms with Gasteiger partial charge in [0.2, 0.25) is 0 Å². The number of hydrogen-bond acceptors (Lipinski definition) is 3. The van der Waals surface area contributed by atoms with Crippen LogP contribution in [0.1, 0.15) is 13.8 Å². The van der Waals surface area contributed by atoms with Gasteiger partial charge in [0.15, 0.2) is 5.88 Å². The molecule has 0 bridgehead atoms. The molecule has 9 heavy (non-hydrogen) atoms. The molecule has 0 aromatic carbocycles. The molecule has 0 radical (unpaired) electrons. The number of aliphatic hydroxyl groups is 1. The summed E-state index contributed by atoms with van der Waals surface area (Å²) in [6, 6.07) is 0. The van der Waals surface area contributed by atoms with Gasteiger partial charge in [0, 0.05) is 5.57 Å². The summed E-state index contributed by atoms with van der Waals surface area (Å²) in [5, 5.41) is 11.7. The minimum Gasteiger partial charge on any atom is -0.495 e. The molecule has 0 aliphatic carbocycles. The smallest absolute Gasteiger partial charge is 0.190 e. The van der Waals surface area contributed by atoms with E-state index >= 15 is 0 Å². The predicted molar refractivity (Wildman–Crippen MR) is 36.4 cm³/mol. The van der Waals surface area contributed by atoms with Crippen LogP contribution in [-0.4, -0.2) is 17.5 Å². The van der Waals surface area contributed by atoms with Crippen LogP contribution in [0.3, 0.4) is 0 Å². The summed E-state index contributed by atoms with van der Waals surface area (Å²) in [7, 11) is 0. The Kier molecular flexibility index (Phi) is 1.42. The number of nitrogens with one attached hydrogen (secondary N) is 1. The zero-order chi connectivity index (χ0) is 6.85. The second kappa shape index (κ2) is 2.09. The molecule has 0 atom stereocenters. The van der Waals surface area contributed by atoms with Crippen LogP contribution < -0.4 is 5.32 Å². The second-order valence-corrected chi connectivity index (χ2v) is 2.16. The van der Waals surface area contributed by atoms with Crippen molar-refractivity contribution in [2.75, 3.05) is 6.54 Å². The first-order chi connectivity index (χ1) is 4.20. The molecule has 1 rings (SSSR count). The molecular weight excluding hydrogens is 116 g/mol. The van der Waals surface area contributed by atoms with Crippen LogP contribution in [0.25, 0.3) is 0 Å². The van der Waals surface area contributed by atoms with Gasteiger partial charge in [0.1, 0.15) is 5.84 Å². The van der Waals surface area contributed by atoms with Crippen molar-refractivity contribution in [1.82, 2.24) is 5.32 Å². The molecule has 1 heterocycles. The Bertz CT molecular complexity index is 181. The highest BCUT2D eigenvalue weighted by atomic mass is 16.3. The fraction of sp³-hybridized carbons (Fsp3) is 0.500. The lowest BCUT2D eigenvalue weighted by molar-refractivity contribution is 0.376. The molecule has 0 saturated heterocycles. The minimum atomic E-state index is 0.252. The number of aliphatic imine (C=N–C) groups is 1. The van der Waals surface area contributed by atoms with E-state index in [-0.39, 0.29) is 5.88 Å². The largest absolute Gasteiger partial charge is 0.495 e. The average Bonchev–Trinajstić information content (AvgIpc) is 1.80. The van der Waals surface area contributed by atoms with Crippen LogP contribution in [0.4, 0.5) is 0 Å². The van der Waals surface area contributed by atoms with E-state index in [1.54, 1.807) is 0 Å². The third-order valence-electron chi connectivity index (χ3n) is 1.26. The second-order valence-electron chi connectivity index (χ2n) is 2.16. The SMILES string of the molecule is CC1=NCC(C)=C(O)N1. The van der Waals surface area contributed by atoms with E-state index in [1.165, 1.54) is 0 Å². The summed E-state index contributed by atoms with van der Waals surface area (Å²) in [6.07, 6.45) is 0. The highest BCUT2D eigenvalue weighted by Crippen LogP contribution is 2.02. The van der Waals surface area contributed by atoms with Crippen molar-refractivity contribution >= 4 is 5.84 Å². The molecule has 0 saturated carbocycles. The molecule has 3 nitrogen and oxygen atoms in total.